The molecule has 0 bridgehead atoms. The third-order valence-electron chi connectivity index (χ3n) is 6.88. The Bertz CT molecular complexity index is 1410. The minimum Gasteiger partial charge on any atom is -0.481 e. The lowest BCUT2D eigenvalue weighted by molar-refractivity contribution is -0.141. The lowest BCUT2D eigenvalue weighted by atomic mass is 9.82. The second kappa shape index (κ2) is 8.16. The fourth-order valence-corrected chi connectivity index (χ4v) is 5.43. The Morgan fingerprint density at radius 1 is 1.26 bits per heavy atom. The molecule has 2 N–H and O–H groups in total. The molecule has 1 saturated carbocycles. The van der Waals surface area contributed by atoms with E-state index in [1.807, 2.05) is 24.5 Å². The van der Waals surface area contributed by atoms with E-state index in [1.165, 1.54) is 6.07 Å². The number of rotatable bonds is 6. The van der Waals surface area contributed by atoms with Crippen molar-refractivity contribution >= 4 is 28.0 Å². The van der Waals surface area contributed by atoms with E-state index in [0.717, 1.165) is 28.2 Å². The third kappa shape index (κ3) is 3.55. The Morgan fingerprint density at radius 3 is 2.74 bits per heavy atom. The van der Waals surface area contributed by atoms with Crippen LogP contribution in [-0.4, -0.2) is 44.5 Å². The zero-order chi connectivity index (χ0) is 24.2. The number of benzene rings is 1. The predicted octanol–water partition coefficient (Wildman–Crippen LogP) is 5.07. The summed E-state index contributed by atoms with van der Waals surface area (Å²) >= 11 is 0. The molecule has 1 fully saturated rings. The molecule has 1 aliphatic rings. The number of nitrogens with zero attached hydrogens (tertiary/aromatic N) is 3. The molecule has 0 amide bonds. The molecular formula is C25H26F2N4O3. The van der Waals surface area contributed by atoms with E-state index in [-0.39, 0.29) is 5.92 Å². The molecule has 7 nitrogen and oxygen atoms in total. The van der Waals surface area contributed by atoms with E-state index < -0.39 is 28.9 Å². The van der Waals surface area contributed by atoms with Gasteiger partial charge >= 0.3 is 5.97 Å². The number of H-pyrrole nitrogens is 1. The maximum atomic E-state index is 14.4. The van der Waals surface area contributed by atoms with Crippen LogP contribution >= 0.6 is 0 Å². The number of carbonyl (C=O) groups is 1. The lowest BCUT2D eigenvalue weighted by Gasteiger charge is -2.29. The van der Waals surface area contributed by atoms with Crippen LogP contribution in [-0.2, 0) is 14.9 Å². The van der Waals surface area contributed by atoms with Crippen LogP contribution in [0.3, 0.4) is 0 Å². The summed E-state index contributed by atoms with van der Waals surface area (Å²) in [5.74, 6) is -3.14. The van der Waals surface area contributed by atoms with Crippen molar-refractivity contribution in [3.63, 3.8) is 0 Å². The van der Waals surface area contributed by atoms with Gasteiger partial charge < -0.3 is 14.4 Å². The van der Waals surface area contributed by atoms with E-state index in [0.29, 0.717) is 42.7 Å². The molecule has 5 rings (SSSR count). The normalized spacial score (nSPS) is 18.9. The quantitative estimate of drug-likeness (QED) is 0.412. The van der Waals surface area contributed by atoms with Crippen LogP contribution in [0, 0.1) is 17.6 Å². The van der Waals surface area contributed by atoms with Crippen molar-refractivity contribution in [2.24, 2.45) is 5.92 Å². The molecule has 1 aliphatic carbocycles. The molecule has 178 valence electrons. The molecule has 0 saturated heterocycles. The topological polar surface area (TPSA) is 93.0 Å². The fourth-order valence-electron chi connectivity index (χ4n) is 5.43. The number of halogens is 2. The molecular weight excluding hydrogens is 442 g/mol. The van der Waals surface area contributed by atoms with Gasteiger partial charge in [0.2, 0.25) is 0 Å². The number of fused-ring (bicyclic) bond motifs is 2. The van der Waals surface area contributed by atoms with Gasteiger partial charge in [0.25, 0.3) is 0 Å². The van der Waals surface area contributed by atoms with E-state index in [4.69, 9.17) is 9.72 Å². The number of hydrogen-bond acceptors (Lipinski definition) is 4. The van der Waals surface area contributed by atoms with Gasteiger partial charge in [-0.2, -0.15) is 5.10 Å². The Kier molecular flexibility index (Phi) is 5.39. The van der Waals surface area contributed by atoms with Gasteiger partial charge in [-0.1, -0.05) is 13.8 Å². The summed E-state index contributed by atoms with van der Waals surface area (Å²) in [5.41, 5.74) is 3.76. The van der Waals surface area contributed by atoms with Crippen LogP contribution in [0.4, 0.5) is 8.78 Å². The van der Waals surface area contributed by atoms with Crippen molar-refractivity contribution in [3.8, 4) is 5.69 Å². The minimum absolute atomic E-state index is 0.0471. The highest BCUT2D eigenvalue weighted by Gasteiger charge is 2.39. The number of aliphatic carboxylic acids is 1. The predicted molar refractivity (Wildman–Crippen MR) is 123 cm³/mol. The van der Waals surface area contributed by atoms with Gasteiger partial charge in [0.05, 0.1) is 29.8 Å². The molecule has 3 heterocycles. The van der Waals surface area contributed by atoms with Crippen molar-refractivity contribution < 1.29 is 23.4 Å². The maximum absolute atomic E-state index is 14.4. The van der Waals surface area contributed by atoms with Gasteiger partial charge in [0, 0.05) is 40.9 Å². The van der Waals surface area contributed by atoms with Gasteiger partial charge in [0.15, 0.2) is 17.3 Å². The summed E-state index contributed by atoms with van der Waals surface area (Å²) in [6.07, 6.45) is 3.44. The number of methoxy groups -OCH3 is 1. The maximum Gasteiger partial charge on any atom is 0.306 e. The number of aromatic amines is 1. The average Bonchev–Trinajstić information content (AvgIpc) is 3.50. The largest absolute Gasteiger partial charge is 0.481 e. The van der Waals surface area contributed by atoms with Gasteiger partial charge in [0.1, 0.15) is 0 Å². The summed E-state index contributed by atoms with van der Waals surface area (Å²) in [7, 11) is 1.62. The average molecular weight is 469 g/mol. The van der Waals surface area contributed by atoms with Crippen LogP contribution in [0.15, 0.2) is 30.5 Å². The standard InChI is InChI=1S/C25H26F2N4O3/c1-25(2,12-34-3)22-20(13-4-5-14(8-13)24(32)33)21-19(9-15-11-28-30-23(15)29-21)31(22)16-6-7-17(26)18(27)10-16/h6-7,9-11,13-14H,4-5,8,12H2,1-3H3,(H,32,33)(H,28,29,30)/t13-,14-/m1/s1. The van der Waals surface area contributed by atoms with Crippen molar-refractivity contribution in [2.45, 2.75) is 44.4 Å². The Hall–Kier alpha value is -3.33. The van der Waals surface area contributed by atoms with Gasteiger partial charge in [-0.3, -0.25) is 9.89 Å². The highest BCUT2D eigenvalue weighted by molar-refractivity contribution is 5.94. The zero-order valence-electron chi connectivity index (χ0n) is 19.2. The van der Waals surface area contributed by atoms with Crippen LogP contribution in [0.2, 0.25) is 0 Å². The fraction of sp³-hybridized carbons (Fsp3) is 0.400. The monoisotopic (exact) mass is 468 g/mol. The third-order valence-corrected chi connectivity index (χ3v) is 6.88. The molecule has 0 aliphatic heterocycles. The molecule has 4 aromatic rings. The first-order valence-corrected chi connectivity index (χ1v) is 11.3. The smallest absolute Gasteiger partial charge is 0.306 e. The number of carboxylic acids is 1. The van der Waals surface area contributed by atoms with Crippen LogP contribution in [0.5, 0.6) is 0 Å². The van der Waals surface area contributed by atoms with Gasteiger partial charge in [-0.15, -0.1) is 0 Å². The number of carboxylic acid groups (broad SMARTS) is 1. The SMILES string of the molecule is COCC(C)(C)c1c([C@@H]2CC[C@@H](C(=O)O)C2)c2nc3[nH]ncc3cc2n1-c1ccc(F)c(F)c1. The molecule has 0 spiro atoms. The number of ether oxygens (including phenoxy) is 1. The molecule has 0 unspecified atom stereocenters. The first-order chi connectivity index (χ1) is 16.2. The van der Waals surface area contributed by atoms with Crippen molar-refractivity contribution in [1.29, 1.82) is 0 Å². The molecule has 0 radical (unpaired) electrons. The number of aromatic nitrogens is 4. The minimum atomic E-state index is -0.944. The molecule has 9 heteroatoms. The summed E-state index contributed by atoms with van der Waals surface area (Å²) < 4.78 is 35.7. The van der Waals surface area contributed by atoms with Crippen molar-refractivity contribution in [3.05, 3.63) is 53.4 Å². The first kappa shape index (κ1) is 22.5. The second-order valence-corrected chi connectivity index (χ2v) is 9.72. The van der Waals surface area contributed by atoms with Gasteiger partial charge in [-0.05, 0) is 43.4 Å². The summed E-state index contributed by atoms with van der Waals surface area (Å²) in [6, 6.07) is 5.77. The lowest BCUT2D eigenvalue weighted by Crippen LogP contribution is -2.28. The van der Waals surface area contributed by atoms with Crippen molar-refractivity contribution in [2.75, 3.05) is 13.7 Å². The summed E-state index contributed by atoms with van der Waals surface area (Å²) in [4.78, 5) is 16.6. The number of nitrogens with one attached hydrogen (secondary N) is 1. The Balaban J connectivity index is 1.88. The molecule has 34 heavy (non-hydrogen) atoms. The van der Waals surface area contributed by atoms with Crippen LogP contribution < -0.4 is 0 Å². The molecule has 2 atom stereocenters. The van der Waals surface area contributed by atoms with Crippen LogP contribution in [0.25, 0.3) is 27.8 Å². The molecule has 3 aromatic heterocycles. The van der Waals surface area contributed by atoms with E-state index in [2.05, 4.69) is 10.2 Å². The zero-order valence-corrected chi connectivity index (χ0v) is 19.2. The molecule has 1 aromatic carbocycles. The first-order valence-electron chi connectivity index (χ1n) is 11.3. The number of hydrogen-bond donors (Lipinski definition) is 2. The Morgan fingerprint density at radius 2 is 2.06 bits per heavy atom. The van der Waals surface area contributed by atoms with Crippen molar-refractivity contribution in [1.82, 2.24) is 19.7 Å². The second-order valence-electron chi connectivity index (χ2n) is 9.72. The summed E-state index contributed by atoms with van der Waals surface area (Å²) in [6.45, 7) is 4.43. The van der Waals surface area contributed by atoms with E-state index in [1.54, 1.807) is 19.4 Å². The van der Waals surface area contributed by atoms with E-state index >= 15 is 0 Å². The number of pyridine rings is 1. The van der Waals surface area contributed by atoms with E-state index in [9.17, 15) is 18.7 Å². The highest BCUT2D eigenvalue weighted by Crippen LogP contribution is 2.47. The van der Waals surface area contributed by atoms with Crippen LogP contribution in [0.1, 0.15) is 50.3 Å². The van der Waals surface area contributed by atoms with Gasteiger partial charge in [-0.25, -0.2) is 13.8 Å². The Labute approximate surface area is 194 Å². The summed E-state index contributed by atoms with van der Waals surface area (Å²) in [5, 5.41) is 17.4. The highest BCUT2D eigenvalue weighted by atomic mass is 19.2.